The van der Waals surface area contributed by atoms with Gasteiger partial charge in [0.1, 0.15) is 4.32 Å². The highest BCUT2D eigenvalue weighted by atomic mass is 32.2. The second-order valence-electron chi connectivity index (χ2n) is 5.82. The molecule has 1 aliphatic rings. The molecule has 0 radical (unpaired) electrons. The van der Waals surface area contributed by atoms with Crippen molar-refractivity contribution >= 4 is 39.9 Å². The number of thiocarbonyl (C=S) groups is 1. The Balaban J connectivity index is 1.80. The molecule has 1 aliphatic heterocycles. The van der Waals surface area contributed by atoms with Crippen LogP contribution in [0.3, 0.4) is 0 Å². The number of carbonyl (C=O) groups is 1. The molecule has 1 aromatic rings. The molecule has 1 aromatic carbocycles. The third-order valence-corrected chi connectivity index (χ3v) is 5.25. The number of thioether (sulfide) groups is 1. The van der Waals surface area contributed by atoms with Crippen LogP contribution >= 0.6 is 24.0 Å². The maximum atomic E-state index is 12.5. The molecule has 0 bridgehead atoms. The van der Waals surface area contributed by atoms with Crippen LogP contribution in [-0.4, -0.2) is 77.5 Å². The molecule has 23 heavy (non-hydrogen) atoms. The van der Waals surface area contributed by atoms with Gasteiger partial charge in [-0.2, -0.15) is 0 Å². The molecule has 2 rings (SSSR count). The number of nitrogens with two attached hydrogens (primary N) is 1. The molecule has 0 atom stereocenters. The maximum absolute atomic E-state index is 12.5. The van der Waals surface area contributed by atoms with Crippen LogP contribution in [0.15, 0.2) is 24.3 Å². The summed E-state index contributed by atoms with van der Waals surface area (Å²) >= 11 is 7.21. The third kappa shape index (κ3) is 5.37. The molecule has 0 spiro atoms. The number of hydrogen-bond acceptors (Lipinski definition) is 5. The molecule has 1 heterocycles. The number of carbonyl (C=O) groups excluding carboxylic acids is 1. The average molecular weight is 353 g/mol. The molecule has 0 saturated carbocycles. The number of anilines is 1. The molecule has 7 heteroatoms. The Hall–Kier alpha value is -1.31. The molecule has 0 unspecified atom stereocenters. The summed E-state index contributed by atoms with van der Waals surface area (Å²) in [6.45, 7) is 4.03. The summed E-state index contributed by atoms with van der Waals surface area (Å²) in [5.74, 6) is 1.06. The van der Waals surface area contributed by atoms with Crippen molar-refractivity contribution in [1.82, 2.24) is 14.7 Å². The number of nitrogen functional groups attached to an aromatic ring is 1. The Bertz CT molecular complexity index is 540. The minimum absolute atomic E-state index is 0.0656. The van der Waals surface area contributed by atoms with Crippen LogP contribution in [0.1, 0.15) is 10.4 Å². The van der Waals surface area contributed by atoms with E-state index in [0.29, 0.717) is 24.3 Å². The van der Waals surface area contributed by atoms with Gasteiger partial charge in [-0.15, -0.1) is 0 Å². The number of benzene rings is 1. The summed E-state index contributed by atoms with van der Waals surface area (Å²) in [4.78, 5) is 18.7. The van der Waals surface area contributed by atoms with Crippen molar-refractivity contribution in [1.29, 1.82) is 0 Å². The Kier molecular flexibility index (Phi) is 6.68. The van der Waals surface area contributed by atoms with Gasteiger partial charge in [0.25, 0.3) is 5.91 Å². The van der Waals surface area contributed by atoms with Crippen LogP contribution in [0.5, 0.6) is 0 Å². The molecule has 1 amide bonds. The average Bonchev–Trinajstić information content (AvgIpc) is 2.54. The first-order chi connectivity index (χ1) is 11.0. The van der Waals surface area contributed by atoms with E-state index in [4.69, 9.17) is 18.0 Å². The monoisotopic (exact) mass is 352 g/mol. The zero-order chi connectivity index (χ0) is 16.8. The normalized spacial score (nSPS) is 15.1. The number of nitrogens with zero attached hydrogens (tertiary/aromatic N) is 3. The predicted octanol–water partition coefficient (Wildman–Crippen LogP) is 1.61. The van der Waals surface area contributed by atoms with Crippen molar-refractivity contribution in [3.8, 4) is 0 Å². The summed E-state index contributed by atoms with van der Waals surface area (Å²) in [7, 11) is 4.12. The Morgan fingerprint density at radius 1 is 1.17 bits per heavy atom. The number of rotatable bonds is 4. The molecule has 1 fully saturated rings. The Morgan fingerprint density at radius 3 is 2.30 bits per heavy atom. The molecule has 5 nitrogen and oxygen atoms in total. The van der Waals surface area contributed by atoms with E-state index >= 15 is 0 Å². The number of piperazine rings is 1. The fraction of sp³-hybridized carbons (Fsp3) is 0.500. The number of hydrogen-bond donors (Lipinski definition) is 1. The van der Waals surface area contributed by atoms with Crippen LogP contribution in [0.25, 0.3) is 0 Å². The quantitative estimate of drug-likeness (QED) is 0.656. The van der Waals surface area contributed by atoms with E-state index in [1.165, 1.54) is 0 Å². The van der Waals surface area contributed by atoms with Crippen LogP contribution in [0, 0.1) is 0 Å². The van der Waals surface area contributed by atoms with Gasteiger partial charge in [0.15, 0.2) is 0 Å². The van der Waals surface area contributed by atoms with E-state index in [1.54, 1.807) is 36.0 Å². The summed E-state index contributed by atoms with van der Waals surface area (Å²) in [5, 5.41) is 0. The Labute approximate surface area is 147 Å². The maximum Gasteiger partial charge on any atom is 0.253 e. The fourth-order valence-electron chi connectivity index (χ4n) is 2.31. The molecule has 2 N–H and O–H groups in total. The first-order valence-corrected chi connectivity index (χ1v) is 9.08. The van der Waals surface area contributed by atoms with Crippen molar-refractivity contribution in [3.05, 3.63) is 29.8 Å². The van der Waals surface area contributed by atoms with Gasteiger partial charge in [0.2, 0.25) is 0 Å². The lowest BCUT2D eigenvalue weighted by atomic mass is 10.1. The van der Waals surface area contributed by atoms with E-state index in [0.717, 1.165) is 29.7 Å². The van der Waals surface area contributed by atoms with E-state index in [1.807, 2.05) is 4.90 Å². The molecule has 0 aromatic heterocycles. The summed E-state index contributed by atoms with van der Waals surface area (Å²) in [6, 6.07) is 7.09. The molecular formula is C16H24N4OS2. The van der Waals surface area contributed by atoms with Gasteiger partial charge in [-0.25, -0.2) is 0 Å². The SMILES string of the molecule is CN(C)CCSC(=S)N1CCN(C(=O)c2ccc(N)cc2)CC1. The van der Waals surface area contributed by atoms with Gasteiger partial charge in [0, 0.05) is 49.7 Å². The topological polar surface area (TPSA) is 52.8 Å². The van der Waals surface area contributed by atoms with Crippen LogP contribution < -0.4 is 5.73 Å². The zero-order valence-electron chi connectivity index (χ0n) is 13.7. The van der Waals surface area contributed by atoms with E-state index in [9.17, 15) is 4.79 Å². The van der Waals surface area contributed by atoms with Gasteiger partial charge in [-0.1, -0.05) is 24.0 Å². The van der Waals surface area contributed by atoms with E-state index < -0.39 is 0 Å². The van der Waals surface area contributed by atoms with Gasteiger partial charge in [-0.3, -0.25) is 4.79 Å². The van der Waals surface area contributed by atoms with E-state index in [-0.39, 0.29) is 5.91 Å². The minimum Gasteiger partial charge on any atom is -0.399 e. The Morgan fingerprint density at radius 2 is 1.74 bits per heavy atom. The first kappa shape index (κ1) is 18.0. The van der Waals surface area contributed by atoms with E-state index in [2.05, 4.69) is 23.9 Å². The summed E-state index contributed by atoms with van der Waals surface area (Å²) in [6.07, 6.45) is 0. The van der Waals surface area contributed by atoms with Crippen LogP contribution in [0.2, 0.25) is 0 Å². The van der Waals surface area contributed by atoms with Gasteiger partial charge >= 0.3 is 0 Å². The molecule has 0 aliphatic carbocycles. The third-order valence-electron chi connectivity index (χ3n) is 3.75. The lowest BCUT2D eigenvalue weighted by Crippen LogP contribution is -2.49. The van der Waals surface area contributed by atoms with Crippen LogP contribution in [-0.2, 0) is 0 Å². The first-order valence-electron chi connectivity index (χ1n) is 7.68. The van der Waals surface area contributed by atoms with Crippen molar-refractivity contribution in [2.45, 2.75) is 0 Å². The predicted molar refractivity (Wildman–Crippen MR) is 102 cm³/mol. The highest BCUT2D eigenvalue weighted by Crippen LogP contribution is 2.15. The smallest absolute Gasteiger partial charge is 0.253 e. The molecule has 1 saturated heterocycles. The second-order valence-corrected chi connectivity index (χ2v) is 7.55. The number of amides is 1. The van der Waals surface area contributed by atoms with Crippen molar-refractivity contribution in [3.63, 3.8) is 0 Å². The molecule has 126 valence electrons. The van der Waals surface area contributed by atoms with Gasteiger partial charge < -0.3 is 20.4 Å². The lowest BCUT2D eigenvalue weighted by molar-refractivity contribution is 0.0695. The van der Waals surface area contributed by atoms with Gasteiger partial charge in [0.05, 0.1) is 0 Å². The second kappa shape index (κ2) is 8.52. The largest absolute Gasteiger partial charge is 0.399 e. The summed E-state index contributed by atoms with van der Waals surface area (Å²) < 4.78 is 0.937. The standard InChI is InChI=1S/C16H24N4OS2/c1-18(2)11-12-23-16(22)20-9-7-19(8-10-20)15(21)13-3-5-14(17)6-4-13/h3-6H,7-12,17H2,1-2H3. The highest BCUT2D eigenvalue weighted by molar-refractivity contribution is 8.22. The molecular weight excluding hydrogens is 328 g/mol. The van der Waals surface area contributed by atoms with Crippen molar-refractivity contribution in [2.24, 2.45) is 0 Å². The van der Waals surface area contributed by atoms with Gasteiger partial charge in [-0.05, 0) is 38.4 Å². The van der Waals surface area contributed by atoms with Crippen molar-refractivity contribution < 1.29 is 4.79 Å². The van der Waals surface area contributed by atoms with Crippen molar-refractivity contribution in [2.75, 3.05) is 58.3 Å². The fourth-order valence-corrected chi connectivity index (χ4v) is 3.74. The minimum atomic E-state index is 0.0656. The lowest BCUT2D eigenvalue weighted by Gasteiger charge is -2.36. The highest BCUT2D eigenvalue weighted by Gasteiger charge is 2.23. The summed E-state index contributed by atoms with van der Waals surface area (Å²) in [5.41, 5.74) is 7.03. The zero-order valence-corrected chi connectivity index (χ0v) is 15.3. The van der Waals surface area contributed by atoms with Crippen LogP contribution in [0.4, 0.5) is 5.69 Å².